The lowest BCUT2D eigenvalue weighted by Crippen LogP contribution is -2.41. The Morgan fingerprint density at radius 1 is 1.10 bits per heavy atom. The van der Waals surface area contributed by atoms with Gasteiger partial charge in [0.05, 0.1) is 11.2 Å². The van der Waals surface area contributed by atoms with Gasteiger partial charge in [0.1, 0.15) is 0 Å². The summed E-state index contributed by atoms with van der Waals surface area (Å²) in [5, 5.41) is 0. The number of thiol groups is 1. The lowest BCUT2D eigenvalue weighted by Gasteiger charge is -2.32. The van der Waals surface area contributed by atoms with E-state index in [4.69, 9.17) is 15.0 Å². The zero-order valence-corrected chi connectivity index (χ0v) is 14.8. The van der Waals surface area contributed by atoms with E-state index in [0.29, 0.717) is 12.3 Å². The van der Waals surface area contributed by atoms with Gasteiger partial charge in [0.2, 0.25) is 0 Å². The van der Waals surface area contributed by atoms with Crippen LogP contribution in [0.4, 0.5) is 0 Å². The zero-order valence-electron chi connectivity index (χ0n) is 13.9. The van der Waals surface area contributed by atoms with Crippen LogP contribution in [0.2, 0.25) is 0 Å². The van der Waals surface area contributed by atoms with Crippen LogP contribution in [0.3, 0.4) is 0 Å². The molecule has 1 saturated heterocycles. The van der Waals surface area contributed by atoms with Gasteiger partial charge in [0.15, 0.2) is 0 Å². The minimum atomic E-state index is -0.348. The molecule has 116 valence electrons. The lowest BCUT2D eigenvalue weighted by atomic mass is 9.73. The van der Waals surface area contributed by atoms with Gasteiger partial charge in [-0.05, 0) is 69.3 Å². The first-order valence-corrected chi connectivity index (χ1v) is 8.06. The van der Waals surface area contributed by atoms with E-state index in [-0.39, 0.29) is 18.3 Å². The Kier molecular flexibility index (Phi) is 4.51. The quantitative estimate of drug-likeness (QED) is 0.666. The summed E-state index contributed by atoms with van der Waals surface area (Å²) in [6.07, 6.45) is 0. The van der Waals surface area contributed by atoms with Crippen molar-refractivity contribution in [3.8, 4) is 0 Å². The van der Waals surface area contributed by atoms with Gasteiger partial charge < -0.3 is 15.0 Å². The van der Waals surface area contributed by atoms with Crippen molar-refractivity contribution in [2.24, 2.45) is 5.73 Å². The number of hydrogen-bond donors (Lipinski definition) is 2. The van der Waals surface area contributed by atoms with Gasteiger partial charge in [0, 0.05) is 12.3 Å². The number of hydrogen-bond acceptors (Lipinski definition) is 4. The molecule has 21 heavy (non-hydrogen) atoms. The summed E-state index contributed by atoms with van der Waals surface area (Å²) in [5.74, 6) is 0.692. The average molecular weight is 307 g/mol. The van der Waals surface area contributed by atoms with Crippen LogP contribution < -0.4 is 11.2 Å². The van der Waals surface area contributed by atoms with Crippen molar-refractivity contribution in [2.45, 2.75) is 65.0 Å². The minimum absolute atomic E-state index is 0.334. The van der Waals surface area contributed by atoms with E-state index in [2.05, 4.69) is 60.2 Å². The van der Waals surface area contributed by atoms with Crippen molar-refractivity contribution < 1.29 is 9.31 Å². The molecule has 1 aromatic carbocycles. The fourth-order valence-corrected chi connectivity index (χ4v) is 3.19. The molecule has 3 nitrogen and oxygen atoms in total. The first kappa shape index (κ1) is 16.9. The van der Waals surface area contributed by atoms with Gasteiger partial charge in [-0.1, -0.05) is 6.07 Å². The van der Waals surface area contributed by atoms with E-state index in [9.17, 15) is 0 Å². The van der Waals surface area contributed by atoms with Gasteiger partial charge in [-0.2, -0.15) is 12.6 Å². The minimum Gasteiger partial charge on any atom is -0.399 e. The van der Waals surface area contributed by atoms with Crippen LogP contribution in [0.25, 0.3) is 0 Å². The maximum absolute atomic E-state index is 6.18. The molecule has 0 bridgehead atoms. The third-order valence-electron chi connectivity index (χ3n) is 5.03. The van der Waals surface area contributed by atoms with Gasteiger partial charge in [-0.3, -0.25) is 0 Å². The highest BCUT2D eigenvalue weighted by atomic mass is 32.1. The van der Waals surface area contributed by atoms with E-state index >= 15 is 0 Å². The third-order valence-corrected chi connectivity index (χ3v) is 5.35. The summed E-state index contributed by atoms with van der Waals surface area (Å²) in [4.78, 5) is 0. The van der Waals surface area contributed by atoms with Crippen molar-refractivity contribution in [1.29, 1.82) is 0 Å². The van der Waals surface area contributed by atoms with E-state index in [0.717, 1.165) is 11.0 Å². The van der Waals surface area contributed by atoms with Crippen LogP contribution in [0.5, 0.6) is 0 Å². The molecule has 2 rings (SSSR count). The summed E-state index contributed by atoms with van der Waals surface area (Å²) in [5.41, 5.74) is 11.1. The highest BCUT2D eigenvalue weighted by Crippen LogP contribution is 2.37. The molecular formula is C16H26BNO2S. The summed E-state index contributed by atoms with van der Waals surface area (Å²) >= 11 is 4.47. The van der Waals surface area contributed by atoms with Crippen molar-refractivity contribution in [1.82, 2.24) is 0 Å². The van der Waals surface area contributed by atoms with Crippen LogP contribution in [-0.2, 0) is 21.6 Å². The molecule has 1 heterocycles. The Bertz CT molecular complexity index is 542. The molecule has 5 heteroatoms. The Hall–Kier alpha value is -0.485. The number of nitrogens with two attached hydrogens (primary N) is 1. The van der Waals surface area contributed by atoms with Crippen molar-refractivity contribution in [3.05, 3.63) is 28.3 Å². The maximum Gasteiger partial charge on any atom is 0.495 e. The molecule has 1 aromatic rings. The first-order valence-electron chi connectivity index (χ1n) is 7.43. The normalized spacial score (nSPS) is 20.1. The Balaban J connectivity index is 2.51. The molecule has 0 radical (unpaired) electrons. The fraction of sp³-hybridized carbons (Fsp3) is 0.625. The Morgan fingerprint density at radius 2 is 1.62 bits per heavy atom. The summed E-state index contributed by atoms with van der Waals surface area (Å²) < 4.78 is 12.4. The molecule has 2 N–H and O–H groups in total. The first-order chi connectivity index (χ1) is 9.64. The van der Waals surface area contributed by atoms with Crippen molar-refractivity contribution >= 4 is 25.2 Å². The zero-order chi connectivity index (χ0) is 16.0. The van der Waals surface area contributed by atoms with Crippen LogP contribution in [0.15, 0.2) is 6.07 Å². The van der Waals surface area contributed by atoms with Gasteiger partial charge in [-0.15, -0.1) is 0 Å². The van der Waals surface area contributed by atoms with Gasteiger partial charge >= 0.3 is 7.12 Å². The average Bonchev–Trinajstić information content (AvgIpc) is 2.59. The highest BCUT2D eigenvalue weighted by molar-refractivity contribution is 7.79. The maximum atomic E-state index is 6.18. The largest absolute Gasteiger partial charge is 0.495 e. The second-order valence-corrected chi connectivity index (χ2v) is 7.12. The van der Waals surface area contributed by atoms with E-state index in [1.165, 1.54) is 16.7 Å². The number of benzene rings is 1. The molecule has 1 fully saturated rings. The highest BCUT2D eigenvalue weighted by Gasteiger charge is 2.52. The second kappa shape index (κ2) is 5.62. The molecule has 0 unspecified atom stereocenters. The van der Waals surface area contributed by atoms with Crippen LogP contribution in [0, 0.1) is 13.8 Å². The molecule has 0 aromatic heterocycles. The summed E-state index contributed by atoms with van der Waals surface area (Å²) in [6, 6.07) is 2.12. The second-order valence-electron chi connectivity index (χ2n) is 6.80. The molecule has 1 aliphatic rings. The molecule has 0 atom stereocenters. The van der Waals surface area contributed by atoms with E-state index in [1.54, 1.807) is 0 Å². The number of rotatable bonds is 3. The smallest absolute Gasteiger partial charge is 0.399 e. The van der Waals surface area contributed by atoms with E-state index in [1.807, 2.05) is 0 Å². The molecule has 0 aliphatic carbocycles. The van der Waals surface area contributed by atoms with Crippen molar-refractivity contribution in [2.75, 3.05) is 0 Å². The van der Waals surface area contributed by atoms with Crippen LogP contribution in [-0.4, -0.2) is 18.3 Å². The van der Waals surface area contributed by atoms with Crippen LogP contribution in [0.1, 0.15) is 49.9 Å². The summed E-state index contributed by atoms with van der Waals surface area (Å²) in [7, 11) is -0.348. The van der Waals surface area contributed by atoms with Crippen molar-refractivity contribution in [3.63, 3.8) is 0 Å². The Morgan fingerprint density at radius 3 is 2.05 bits per heavy atom. The third kappa shape index (κ3) is 2.77. The fourth-order valence-electron chi connectivity index (χ4n) is 2.72. The molecule has 1 aliphatic heterocycles. The van der Waals surface area contributed by atoms with Crippen LogP contribution >= 0.6 is 12.6 Å². The molecule has 0 saturated carbocycles. The Labute approximate surface area is 134 Å². The molecule has 0 amide bonds. The predicted molar refractivity (Wildman–Crippen MR) is 92.2 cm³/mol. The summed E-state index contributed by atoms with van der Waals surface area (Å²) in [6.45, 7) is 13.0. The van der Waals surface area contributed by atoms with Gasteiger partial charge in [-0.25, -0.2) is 0 Å². The SMILES string of the molecule is Cc1c(CN)cc(B2OC(C)(C)C(C)(C)O2)c(C)c1CS. The van der Waals surface area contributed by atoms with Gasteiger partial charge in [0.25, 0.3) is 0 Å². The lowest BCUT2D eigenvalue weighted by molar-refractivity contribution is 0.00578. The standard InChI is InChI=1S/C16H26BNO2S/c1-10-12(8-18)7-14(11(2)13(10)9-21)17-19-15(3,4)16(5,6)20-17/h7,21H,8-9,18H2,1-6H3. The van der Waals surface area contributed by atoms with E-state index < -0.39 is 0 Å². The predicted octanol–water partition coefficient (Wildman–Crippen LogP) is 2.49. The topological polar surface area (TPSA) is 44.5 Å². The monoisotopic (exact) mass is 307 g/mol. The molecular weight excluding hydrogens is 281 g/mol. The molecule has 0 spiro atoms.